The number of nitrogens with two attached hydrogens (primary N) is 1. The van der Waals surface area contributed by atoms with Crippen LogP contribution in [0.15, 0.2) is 24.3 Å². The molecule has 0 radical (unpaired) electrons. The zero-order valence-corrected chi connectivity index (χ0v) is 15.3. The van der Waals surface area contributed by atoms with E-state index in [0.29, 0.717) is 12.4 Å². The highest BCUT2D eigenvalue weighted by molar-refractivity contribution is 5.85. The molecule has 2 aromatic rings. The molecule has 7 nitrogen and oxygen atoms in total. The first-order chi connectivity index (χ1) is 10.8. The minimum Gasteiger partial charge on any atom is -0.348 e. The molecule has 1 atom stereocenters. The van der Waals surface area contributed by atoms with Crippen LogP contribution in [0.4, 0.5) is 0 Å². The predicted octanol–water partition coefficient (Wildman–Crippen LogP) is 1.56. The summed E-state index contributed by atoms with van der Waals surface area (Å²) in [6.07, 6.45) is 0. The Balaban J connectivity index is 0.00000288. The summed E-state index contributed by atoms with van der Waals surface area (Å²) in [5.41, 5.74) is 7.36. The van der Waals surface area contributed by atoms with Crippen molar-refractivity contribution in [2.75, 3.05) is 6.54 Å². The number of nitrogens with zero attached hydrogens (tertiary/aromatic N) is 4. The molecule has 0 aliphatic rings. The number of rotatable bonds is 6. The van der Waals surface area contributed by atoms with Crippen LogP contribution in [-0.4, -0.2) is 38.2 Å². The molecule has 1 amide bonds. The molecule has 3 N–H and O–H groups in total. The third-order valence-electron chi connectivity index (χ3n) is 4.17. The van der Waals surface area contributed by atoms with Gasteiger partial charge in [0, 0.05) is 12.1 Å². The van der Waals surface area contributed by atoms with Crippen LogP contribution >= 0.6 is 12.4 Å². The van der Waals surface area contributed by atoms with E-state index in [1.54, 1.807) is 0 Å². The lowest BCUT2D eigenvalue weighted by Gasteiger charge is -2.33. The smallest absolute Gasteiger partial charge is 0.244 e. The van der Waals surface area contributed by atoms with Gasteiger partial charge in [-0.15, -0.1) is 22.6 Å². The van der Waals surface area contributed by atoms with Crippen LogP contribution in [0.1, 0.15) is 26.3 Å². The van der Waals surface area contributed by atoms with Crippen molar-refractivity contribution >= 4 is 18.3 Å². The number of nitrogens with one attached hydrogen (secondary N) is 1. The second kappa shape index (κ2) is 8.21. The zero-order valence-electron chi connectivity index (χ0n) is 14.5. The van der Waals surface area contributed by atoms with Crippen molar-refractivity contribution in [3.05, 3.63) is 29.8 Å². The van der Waals surface area contributed by atoms with Crippen molar-refractivity contribution in [2.24, 2.45) is 11.7 Å². The van der Waals surface area contributed by atoms with Gasteiger partial charge < -0.3 is 11.1 Å². The van der Waals surface area contributed by atoms with Crippen LogP contribution in [0, 0.1) is 12.8 Å². The number of hydrogen-bond donors (Lipinski definition) is 2. The van der Waals surface area contributed by atoms with E-state index in [9.17, 15) is 4.79 Å². The normalized spacial score (nSPS) is 13.2. The standard InChI is InChI=1S/C16H24N6O.ClH/c1-11(2)16(4,10-17)18-14(23)9-22-20-15(19-21-22)13-7-5-12(3)6-8-13;/h5-8,11H,9-10,17H2,1-4H3,(H,18,23);1H. The zero-order chi connectivity index (χ0) is 17.0. The Kier molecular flexibility index (Phi) is 6.86. The molecule has 8 heteroatoms. The predicted molar refractivity (Wildman–Crippen MR) is 95.7 cm³/mol. The van der Waals surface area contributed by atoms with Gasteiger partial charge in [-0.2, -0.15) is 4.80 Å². The van der Waals surface area contributed by atoms with E-state index in [0.717, 1.165) is 11.1 Å². The fraction of sp³-hybridized carbons (Fsp3) is 0.500. The van der Waals surface area contributed by atoms with E-state index in [-0.39, 0.29) is 30.8 Å². The van der Waals surface area contributed by atoms with Gasteiger partial charge >= 0.3 is 0 Å². The van der Waals surface area contributed by atoms with Gasteiger partial charge in [-0.1, -0.05) is 43.7 Å². The highest BCUT2D eigenvalue weighted by Crippen LogP contribution is 2.15. The van der Waals surface area contributed by atoms with Gasteiger partial charge in [0.2, 0.25) is 11.7 Å². The molecule has 132 valence electrons. The van der Waals surface area contributed by atoms with Gasteiger partial charge in [-0.3, -0.25) is 4.79 Å². The van der Waals surface area contributed by atoms with E-state index in [2.05, 4.69) is 20.7 Å². The number of aromatic nitrogens is 4. The first kappa shape index (κ1) is 20.1. The molecular weight excluding hydrogens is 328 g/mol. The van der Waals surface area contributed by atoms with Crippen molar-refractivity contribution in [1.29, 1.82) is 0 Å². The molecule has 1 aromatic heterocycles. The molecule has 24 heavy (non-hydrogen) atoms. The van der Waals surface area contributed by atoms with Gasteiger partial charge in [0.25, 0.3) is 0 Å². The number of benzene rings is 1. The Morgan fingerprint density at radius 2 is 1.96 bits per heavy atom. The average molecular weight is 353 g/mol. The fourth-order valence-electron chi connectivity index (χ4n) is 2.05. The minimum absolute atomic E-state index is 0. The summed E-state index contributed by atoms with van der Waals surface area (Å²) < 4.78 is 0. The number of hydrogen-bond acceptors (Lipinski definition) is 5. The average Bonchev–Trinajstić information content (AvgIpc) is 2.95. The maximum Gasteiger partial charge on any atom is 0.244 e. The lowest BCUT2D eigenvalue weighted by Crippen LogP contribution is -2.55. The molecule has 0 aliphatic carbocycles. The van der Waals surface area contributed by atoms with Crippen LogP contribution in [0.5, 0.6) is 0 Å². The number of halogens is 1. The summed E-state index contributed by atoms with van der Waals surface area (Å²) in [6, 6.07) is 7.83. The summed E-state index contributed by atoms with van der Waals surface area (Å²) in [4.78, 5) is 13.5. The molecule has 1 heterocycles. The number of tetrazole rings is 1. The van der Waals surface area contributed by atoms with Crippen LogP contribution in [0.25, 0.3) is 11.4 Å². The van der Waals surface area contributed by atoms with E-state index < -0.39 is 5.54 Å². The Labute approximate surface area is 148 Å². The largest absolute Gasteiger partial charge is 0.348 e. The molecule has 0 saturated heterocycles. The Bertz CT molecular complexity index is 669. The fourth-order valence-corrected chi connectivity index (χ4v) is 2.05. The lowest BCUT2D eigenvalue weighted by atomic mass is 9.88. The quantitative estimate of drug-likeness (QED) is 0.822. The highest BCUT2D eigenvalue weighted by Gasteiger charge is 2.28. The van der Waals surface area contributed by atoms with Gasteiger partial charge in [0.05, 0.1) is 5.54 Å². The SMILES string of the molecule is Cc1ccc(-c2nnn(CC(=O)NC(C)(CN)C(C)C)n2)cc1.Cl. The summed E-state index contributed by atoms with van der Waals surface area (Å²) >= 11 is 0. The Morgan fingerprint density at radius 1 is 1.33 bits per heavy atom. The van der Waals surface area contributed by atoms with Gasteiger partial charge in [0.1, 0.15) is 6.54 Å². The molecule has 0 spiro atoms. The molecule has 1 aromatic carbocycles. The maximum atomic E-state index is 12.2. The Hall–Kier alpha value is -1.99. The highest BCUT2D eigenvalue weighted by atomic mass is 35.5. The summed E-state index contributed by atoms with van der Waals surface area (Å²) in [5, 5.41) is 15.1. The molecule has 0 aliphatic heterocycles. The van der Waals surface area contributed by atoms with Gasteiger partial charge in [-0.05, 0) is 25.0 Å². The van der Waals surface area contributed by atoms with E-state index in [1.165, 1.54) is 4.80 Å². The summed E-state index contributed by atoms with van der Waals surface area (Å²) in [6.45, 7) is 8.38. The van der Waals surface area contributed by atoms with Crippen molar-refractivity contribution in [3.63, 3.8) is 0 Å². The molecule has 0 saturated carbocycles. The van der Waals surface area contributed by atoms with Crippen LogP contribution in [0.2, 0.25) is 0 Å². The number of aryl methyl sites for hydroxylation is 1. The third kappa shape index (κ3) is 4.75. The number of carbonyl (C=O) groups excluding carboxylic acids is 1. The first-order valence-corrected chi connectivity index (χ1v) is 7.70. The van der Waals surface area contributed by atoms with Crippen molar-refractivity contribution in [3.8, 4) is 11.4 Å². The van der Waals surface area contributed by atoms with Crippen LogP contribution in [0.3, 0.4) is 0 Å². The second-order valence-electron chi connectivity index (χ2n) is 6.33. The van der Waals surface area contributed by atoms with Gasteiger partial charge in [0.15, 0.2) is 0 Å². The second-order valence-corrected chi connectivity index (χ2v) is 6.33. The maximum absolute atomic E-state index is 12.2. The van der Waals surface area contributed by atoms with Crippen LogP contribution in [-0.2, 0) is 11.3 Å². The summed E-state index contributed by atoms with van der Waals surface area (Å²) in [7, 11) is 0. The minimum atomic E-state index is -0.447. The molecular formula is C16H25ClN6O. The topological polar surface area (TPSA) is 98.7 Å². The molecule has 1 unspecified atom stereocenters. The molecule has 0 fully saturated rings. The monoisotopic (exact) mass is 352 g/mol. The van der Waals surface area contributed by atoms with E-state index in [4.69, 9.17) is 5.73 Å². The van der Waals surface area contributed by atoms with Crippen molar-refractivity contribution in [2.45, 2.75) is 39.8 Å². The Morgan fingerprint density at radius 3 is 2.50 bits per heavy atom. The van der Waals surface area contributed by atoms with Crippen LogP contribution < -0.4 is 11.1 Å². The van der Waals surface area contributed by atoms with Crippen molar-refractivity contribution < 1.29 is 4.79 Å². The third-order valence-corrected chi connectivity index (χ3v) is 4.17. The number of carbonyl (C=O) groups is 1. The van der Waals surface area contributed by atoms with E-state index >= 15 is 0 Å². The number of amides is 1. The van der Waals surface area contributed by atoms with Crippen molar-refractivity contribution in [1.82, 2.24) is 25.5 Å². The summed E-state index contributed by atoms with van der Waals surface area (Å²) in [5.74, 6) is 0.547. The first-order valence-electron chi connectivity index (χ1n) is 7.70. The molecule has 0 bridgehead atoms. The van der Waals surface area contributed by atoms with Gasteiger partial charge in [-0.25, -0.2) is 0 Å². The molecule has 2 rings (SSSR count). The van der Waals surface area contributed by atoms with E-state index in [1.807, 2.05) is 52.0 Å². The lowest BCUT2D eigenvalue weighted by molar-refractivity contribution is -0.124.